The highest BCUT2D eigenvalue weighted by molar-refractivity contribution is 5.82. The summed E-state index contributed by atoms with van der Waals surface area (Å²) in [5.41, 5.74) is 1.40. The van der Waals surface area contributed by atoms with E-state index in [1.165, 1.54) is 31.2 Å². The zero-order valence-electron chi connectivity index (χ0n) is 15.0. The lowest BCUT2D eigenvalue weighted by Gasteiger charge is -2.37. The zero-order valence-corrected chi connectivity index (χ0v) is 15.0. The van der Waals surface area contributed by atoms with Crippen LogP contribution in [0.3, 0.4) is 0 Å². The van der Waals surface area contributed by atoms with Gasteiger partial charge in [-0.15, -0.1) is 0 Å². The highest BCUT2D eigenvalue weighted by Crippen LogP contribution is 2.44. The molecule has 0 radical (unpaired) electrons. The Kier molecular flexibility index (Phi) is 4.38. The molecule has 0 spiro atoms. The molecule has 3 heteroatoms. The fraction of sp³-hybridized carbons (Fsp3) is 0.667. The molecule has 1 amide bonds. The number of rotatable bonds is 2. The van der Waals surface area contributed by atoms with Crippen molar-refractivity contribution in [1.29, 1.82) is 0 Å². The van der Waals surface area contributed by atoms with Crippen LogP contribution in [0.4, 0.5) is 0 Å². The highest BCUT2D eigenvalue weighted by Gasteiger charge is 2.50. The van der Waals surface area contributed by atoms with Crippen LogP contribution in [0.2, 0.25) is 0 Å². The molecular formula is C21H30N2O. The number of benzene rings is 1. The van der Waals surface area contributed by atoms with Gasteiger partial charge in [0, 0.05) is 30.5 Å². The number of hydrogen-bond acceptors (Lipinski definition) is 2. The van der Waals surface area contributed by atoms with Crippen LogP contribution in [0.1, 0.15) is 50.5 Å². The average molecular weight is 326 g/mol. The molecule has 1 aromatic rings. The molecule has 2 aliphatic heterocycles. The Balaban J connectivity index is 1.65. The Labute approximate surface area is 146 Å². The van der Waals surface area contributed by atoms with Crippen LogP contribution in [0.15, 0.2) is 30.3 Å². The fourth-order valence-electron chi connectivity index (χ4n) is 5.01. The van der Waals surface area contributed by atoms with Gasteiger partial charge in [0.25, 0.3) is 0 Å². The fourth-order valence-corrected chi connectivity index (χ4v) is 5.01. The van der Waals surface area contributed by atoms with Crippen molar-refractivity contribution in [1.82, 2.24) is 9.80 Å². The third-order valence-corrected chi connectivity index (χ3v) is 6.56. The Morgan fingerprint density at radius 3 is 2.58 bits per heavy atom. The summed E-state index contributed by atoms with van der Waals surface area (Å²) in [7, 11) is 2.27. The van der Waals surface area contributed by atoms with Gasteiger partial charge in [-0.3, -0.25) is 4.79 Å². The van der Waals surface area contributed by atoms with Crippen molar-refractivity contribution < 1.29 is 4.79 Å². The molecule has 4 rings (SSSR count). The summed E-state index contributed by atoms with van der Waals surface area (Å²) in [6.07, 6.45) is 6.12. The number of nitrogens with zero attached hydrogens (tertiary/aromatic N) is 2. The van der Waals surface area contributed by atoms with Gasteiger partial charge in [-0.1, -0.05) is 50.1 Å². The highest BCUT2D eigenvalue weighted by atomic mass is 16.2. The number of amides is 1. The van der Waals surface area contributed by atoms with E-state index in [-0.39, 0.29) is 0 Å². The summed E-state index contributed by atoms with van der Waals surface area (Å²) in [6, 6.07) is 11.8. The third-order valence-electron chi connectivity index (χ3n) is 6.56. The molecule has 130 valence electrons. The van der Waals surface area contributed by atoms with E-state index in [1.807, 2.05) is 0 Å². The smallest absolute Gasteiger partial charge is 0.226 e. The van der Waals surface area contributed by atoms with Crippen molar-refractivity contribution in [2.24, 2.45) is 11.8 Å². The van der Waals surface area contributed by atoms with E-state index in [2.05, 4.69) is 54.1 Å². The van der Waals surface area contributed by atoms with E-state index in [9.17, 15) is 4.79 Å². The van der Waals surface area contributed by atoms with Gasteiger partial charge in [-0.2, -0.15) is 0 Å². The van der Waals surface area contributed by atoms with E-state index >= 15 is 0 Å². The molecule has 5 atom stereocenters. The molecule has 1 aliphatic carbocycles. The summed E-state index contributed by atoms with van der Waals surface area (Å²) in [5, 5.41) is 0. The summed E-state index contributed by atoms with van der Waals surface area (Å²) in [6.45, 7) is 4.28. The largest absolute Gasteiger partial charge is 0.337 e. The average Bonchev–Trinajstić information content (AvgIpc) is 3.19. The molecule has 0 unspecified atom stereocenters. The first kappa shape index (κ1) is 16.1. The zero-order chi connectivity index (χ0) is 16.7. The molecule has 1 aromatic carbocycles. The second kappa shape index (κ2) is 6.51. The monoisotopic (exact) mass is 326 g/mol. The molecule has 0 N–H and O–H groups in total. The lowest BCUT2D eigenvalue weighted by molar-refractivity contribution is -0.134. The molecule has 1 saturated carbocycles. The van der Waals surface area contributed by atoms with Crippen LogP contribution in [0, 0.1) is 11.8 Å². The number of hydrogen-bond donors (Lipinski definition) is 0. The standard InChI is InChI=1S/C21H30N2O/c1-15-13-17(15)21(24)23-14-18(16-9-5-3-6-10-16)20-19(23)11-7-4-8-12-22(20)2/h3,5-6,9-10,15,17-20H,4,7-8,11-14H2,1-2H3/t15-,17+,18-,19+,20-/m0/s1. The van der Waals surface area contributed by atoms with Crippen molar-refractivity contribution in [3.63, 3.8) is 0 Å². The molecular weight excluding hydrogens is 296 g/mol. The minimum absolute atomic E-state index is 0.302. The molecule has 0 bridgehead atoms. The normalized spacial score (nSPS) is 36.8. The van der Waals surface area contributed by atoms with Crippen LogP contribution in [0.5, 0.6) is 0 Å². The second-order valence-electron chi connectivity index (χ2n) is 8.22. The Morgan fingerprint density at radius 1 is 1.12 bits per heavy atom. The van der Waals surface area contributed by atoms with Crippen LogP contribution >= 0.6 is 0 Å². The lowest BCUT2D eigenvalue weighted by atomic mass is 9.87. The van der Waals surface area contributed by atoms with Gasteiger partial charge in [0.1, 0.15) is 0 Å². The predicted octanol–water partition coefficient (Wildman–Crippen LogP) is 3.51. The summed E-state index contributed by atoms with van der Waals surface area (Å²) >= 11 is 0. The van der Waals surface area contributed by atoms with Gasteiger partial charge in [0.05, 0.1) is 0 Å². The van der Waals surface area contributed by atoms with Gasteiger partial charge in [-0.05, 0) is 44.3 Å². The van der Waals surface area contributed by atoms with Gasteiger partial charge < -0.3 is 9.80 Å². The Hall–Kier alpha value is -1.35. The first-order valence-electron chi connectivity index (χ1n) is 9.72. The van der Waals surface area contributed by atoms with Gasteiger partial charge in [0.15, 0.2) is 0 Å². The van der Waals surface area contributed by atoms with E-state index < -0.39 is 0 Å². The minimum atomic E-state index is 0.302. The molecule has 24 heavy (non-hydrogen) atoms. The number of carbonyl (C=O) groups excluding carboxylic acids is 1. The molecule has 3 fully saturated rings. The number of likely N-dealkylation sites (N-methyl/N-ethyl adjacent to an activating group) is 1. The molecule has 2 saturated heterocycles. The van der Waals surface area contributed by atoms with Crippen molar-refractivity contribution in [2.45, 2.75) is 57.0 Å². The first-order valence-corrected chi connectivity index (χ1v) is 9.72. The van der Waals surface area contributed by atoms with Crippen molar-refractivity contribution in [3.05, 3.63) is 35.9 Å². The second-order valence-corrected chi connectivity index (χ2v) is 8.22. The van der Waals surface area contributed by atoms with Gasteiger partial charge in [-0.25, -0.2) is 0 Å². The quantitative estimate of drug-likeness (QED) is 0.830. The topological polar surface area (TPSA) is 23.6 Å². The maximum atomic E-state index is 13.1. The van der Waals surface area contributed by atoms with Gasteiger partial charge in [0.2, 0.25) is 5.91 Å². The summed E-state index contributed by atoms with van der Waals surface area (Å²) in [5.74, 6) is 1.79. The lowest BCUT2D eigenvalue weighted by Crippen LogP contribution is -2.48. The summed E-state index contributed by atoms with van der Waals surface area (Å²) in [4.78, 5) is 17.9. The number of carbonyl (C=O) groups is 1. The Bertz CT molecular complexity index is 587. The predicted molar refractivity (Wildman–Crippen MR) is 96.8 cm³/mol. The molecule has 0 aromatic heterocycles. The van der Waals surface area contributed by atoms with Crippen LogP contribution in [-0.2, 0) is 4.79 Å². The van der Waals surface area contributed by atoms with Crippen LogP contribution in [-0.4, -0.2) is 47.9 Å². The van der Waals surface area contributed by atoms with E-state index in [0.717, 1.165) is 19.5 Å². The van der Waals surface area contributed by atoms with Crippen molar-refractivity contribution in [2.75, 3.05) is 20.1 Å². The summed E-state index contributed by atoms with van der Waals surface area (Å²) < 4.78 is 0. The maximum Gasteiger partial charge on any atom is 0.226 e. The molecule has 3 nitrogen and oxygen atoms in total. The van der Waals surface area contributed by atoms with E-state index in [0.29, 0.717) is 35.7 Å². The van der Waals surface area contributed by atoms with Crippen molar-refractivity contribution in [3.8, 4) is 0 Å². The van der Waals surface area contributed by atoms with Gasteiger partial charge >= 0.3 is 0 Å². The van der Waals surface area contributed by atoms with Crippen LogP contribution in [0.25, 0.3) is 0 Å². The Morgan fingerprint density at radius 2 is 1.88 bits per heavy atom. The maximum absolute atomic E-state index is 13.1. The van der Waals surface area contributed by atoms with E-state index in [4.69, 9.17) is 0 Å². The first-order chi connectivity index (χ1) is 11.7. The van der Waals surface area contributed by atoms with E-state index in [1.54, 1.807) is 0 Å². The van der Waals surface area contributed by atoms with Crippen LogP contribution < -0.4 is 0 Å². The molecule has 2 heterocycles. The molecule has 3 aliphatic rings. The number of likely N-dealkylation sites (tertiary alicyclic amines) is 2. The number of fused-ring (bicyclic) bond motifs is 1. The minimum Gasteiger partial charge on any atom is -0.337 e. The third kappa shape index (κ3) is 2.88. The van der Waals surface area contributed by atoms with Crippen molar-refractivity contribution >= 4 is 5.91 Å². The SMILES string of the molecule is C[C@H]1C[C@H]1C(=O)N1C[C@@H](c2ccccc2)[C@H]2[C@H]1CCCCCN2C.